The molecule has 1 aromatic rings. The van der Waals surface area contributed by atoms with Gasteiger partial charge in [0.25, 0.3) is 0 Å². The molecule has 0 bridgehead atoms. The van der Waals surface area contributed by atoms with Gasteiger partial charge in [-0.15, -0.1) is 0 Å². The first-order valence-electron chi connectivity index (χ1n) is 9.15. The predicted octanol–water partition coefficient (Wildman–Crippen LogP) is 3.27. The number of hydrogen-bond acceptors (Lipinski definition) is 4. The summed E-state index contributed by atoms with van der Waals surface area (Å²) in [5.41, 5.74) is 0.755. The van der Waals surface area contributed by atoms with E-state index in [0.717, 1.165) is 37.4 Å². The Hall–Kier alpha value is -1.46. The van der Waals surface area contributed by atoms with Crippen molar-refractivity contribution in [3.8, 4) is 0 Å². The molecule has 1 aliphatic carbocycles. The number of hydrogen-bond donors (Lipinski definition) is 1. The molecule has 1 saturated carbocycles. The van der Waals surface area contributed by atoms with Crippen molar-refractivity contribution in [1.29, 1.82) is 0 Å². The van der Waals surface area contributed by atoms with Crippen LogP contribution in [0.3, 0.4) is 0 Å². The van der Waals surface area contributed by atoms with Gasteiger partial charge in [0.05, 0.1) is 12.2 Å². The molecule has 0 amide bonds. The number of nitrogens with zero attached hydrogens (tertiary/aromatic N) is 2. The highest BCUT2D eigenvalue weighted by atomic mass is 16.5. The molecule has 1 unspecified atom stereocenters. The number of pyridine rings is 1. The Morgan fingerprint density at radius 3 is 2.46 bits per heavy atom. The van der Waals surface area contributed by atoms with Crippen LogP contribution in [0, 0.1) is 5.92 Å². The van der Waals surface area contributed by atoms with Crippen LogP contribution >= 0.6 is 0 Å². The minimum absolute atomic E-state index is 0.281. The van der Waals surface area contributed by atoms with E-state index in [4.69, 9.17) is 4.74 Å². The van der Waals surface area contributed by atoms with Gasteiger partial charge in [0.15, 0.2) is 0 Å². The van der Waals surface area contributed by atoms with Crippen molar-refractivity contribution in [2.24, 2.45) is 5.92 Å². The molecule has 2 heterocycles. The fourth-order valence-corrected chi connectivity index (χ4v) is 3.96. The zero-order valence-corrected chi connectivity index (χ0v) is 14.4. The van der Waals surface area contributed by atoms with Crippen molar-refractivity contribution < 1.29 is 14.6 Å². The third kappa shape index (κ3) is 4.33. The maximum atomic E-state index is 11.7. The van der Waals surface area contributed by atoms with Gasteiger partial charge in [-0.05, 0) is 56.1 Å². The lowest BCUT2D eigenvalue weighted by Gasteiger charge is -2.38. The van der Waals surface area contributed by atoms with Crippen LogP contribution < -0.4 is 0 Å². The quantitative estimate of drug-likeness (QED) is 0.896. The standard InChI is InChI=1S/C19H28N2O3/c1-14-4-6-16(7-5-14)24-17-8-11-21(12-9-17)18(19(22)23)15-3-2-10-20-13-15/h2-3,10,13-14,16-18H,4-9,11-12H2,1H3,(H,22,23). The summed E-state index contributed by atoms with van der Waals surface area (Å²) < 4.78 is 6.29. The zero-order valence-electron chi connectivity index (χ0n) is 14.4. The molecule has 1 atom stereocenters. The van der Waals surface area contributed by atoms with Gasteiger partial charge in [0, 0.05) is 25.5 Å². The van der Waals surface area contributed by atoms with Crippen molar-refractivity contribution in [3.63, 3.8) is 0 Å². The van der Waals surface area contributed by atoms with Crippen molar-refractivity contribution in [2.45, 2.75) is 63.7 Å². The van der Waals surface area contributed by atoms with Gasteiger partial charge in [-0.3, -0.25) is 14.7 Å². The molecule has 5 heteroatoms. The second-order valence-electron chi connectivity index (χ2n) is 7.28. The molecule has 1 saturated heterocycles. The molecule has 1 N–H and O–H groups in total. The first kappa shape index (κ1) is 17.4. The summed E-state index contributed by atoms with van der Waals surface area (Å²) in [5, 5.41) is 9.63. The molecule has 0 spiro atoms. The normalized spacial score (nSPS) is 27.7. The van der Waals surface area contributed by atoms with Crippen molar-refractivity contribution in [2.75, 3.05) is 13.1 Å². The monoisotopic (exact) mass is 332 g/mol. The van der Waals surface area contributed by atoms with E-state index in [-0.39, 0.29) is 6.10 Å². The minimum Gasteiger partial charge on any atom is -0.480 e. The molecule has 132 valence electrons. The predicted molar refractivity (Wildman–Crippen MR) is 91.7 cm³/mol. The highest BCUT2D eigenvalue weighted by Gasteiger charge is 2.32. The van der Waals surface area contributed by atoms with Crippen molar-refractivity contribution in [3.05, 3.63) is 30.1 Å². The Labute approximate surface area is 144 Å². The largest absolute Gasteiger partial charge is 0.480 e. The third-order valence-corrected chi connectivity index (χ3v) is 5.42. The lowest BCUT2D eigenvalue weighted by molar-refractivity contribution is -0.145. The fraction of sp³-hybridized carbons (Fsp3) is 0.684. The fourth-order valence-electron chi connectivity index (χ4n) is 3.96. The molecule has 2 fully saturated rings. The molecule has 0 radical (unpaired) electrons. The van der Waals surface area contributed by atoms with Crippen molar-refractivity contribution >= 4 is 5.97 Å². The van der Waals surface area contributed by atoms with E-state index in [1.54, 1.807) is 18.5 Å². The van der Waals surface area contributed by atoms with Crippen LogP contribution in [0.15, 0.2) is 24.5 Å². The lowest BCUT2D eigenvalue weighted by atomic mass is 9.88. The highest BCUT2D eigenvalue weighted by Crippen LogP contribution is 2.30. The molecular weight excluding hydrogens is 304 g/mol. The Balaban J connectivity index is 1.53. The molecule has 24 heavy (non-hydrogen) atoms. The van der Waals surface area contributed by atoms with Gasteiger partial charge in [0.1, 0.15) is 6.04 Å². The SMILES string of the molecule is CC1CCC(OC2CCN(C(C(=O)O)c3cccnc3)CC2)CC1. The smallest absolute Gasteiger partial charge is 0.325 e. The summed E-state index contributed by atoms with van der Waals surface area (Å²) in [6, 6.07) is 3.04. The van der Waals surface area contributed by atoms with Gasteiger partial charge in [0.2, 0.25) is 0 Å². The van der Waals surface area contributed by atoms with E-state index in [1.165, 1.54) is 25.7 Å². The van der Waals surface area contributed by atoms with Crippen LogP contribution in [0.25, 0.3) is 0 Å². The summed E-state index contributed by atoms with van der Waals surface area (Å²) in [7, 11) is 0. The van der Waals surface area contributed by atoms with Gasteiger partial charge in [-0.2, -0.15) is 0 Å². The molecule has 1 aliphatic heterocycles. The Kier molecular flexibility index (Phi) is 5.85. The van der Waals surface area contributed by atoms with Gasteiger partial charge in [-0.1, -0.05) is 13.0 Å². The number of ether oxygens (including phenoxy) is 1. The van der Waals surface area contributed by atoms with E-state index in [1.807, 2.05) is 11.0 Å². The zero-order chi connectivity index (χ0) is 16.9. The number of carboxylic acid groups (broad SMARTS) is 1. The number of rotatable bonds is 5. The first-order chi connectivity index (χ1) is 11.6. The summed E-state index contributed by atoms with van der Waals surface area (Å²) in [6.07, 6.45) is 10.7. The number of carboxylic acids is 1. The molecule has 5 nitrogen and oxygen atoms in total. The van der Waals surface area contributed by atoms with Crippen LogP contribution in [-0.2, 0) is 9.53 Å². The summed E-state index contributed by atoms with van der Waals surface area (Å²) in [6.45, 7) is 3.85. The summed E-state index contributed by atoms with van der Waals surface area (Å²) in [4.78, 5) is 17.8. The molecule has 1 aromatic heterocycles. The van der Waals surface area contributed by atoms with Gasteiger partial charge in [-0.25, -0.2) is 0 Å². The summed E-state index contributed by atoms with van der Waals surface area (Å²) in [5.74, 6) is 0.0335. The van der Waals surface area contributed by atoms with Gasteiger partial charge >= 0.3 is 5.97 Å². The maximum Gasteiger partial charge on any atom is 0.325 e. The molecule has 0 aromatic carbocycles. The molecule has 3 rings (SSSR count). The van der Waals surface area contributed by atoms with E-state index < -0.39 is 12.0 Å². The number of aromatic nitrogens is 1. The minimum atomic E-state index is -0.802. The van der Waals surface area contributed by atoms with E-state index >= 15 is 0 Å². The molecule has 2 aliphatic rings. The number of carbonyl (C=O) groups is 1. The Morgan fingerprint density at radius 1 is 1.21 bits per heavy atom. The topological polar surface area (TPSA) is 62.7 Å². The lowest BCUT2D eigenvalue weighted by Crippen LogP contribution is -2.43. The van der Waals surface area contributed by atoms with E-state index in [0.29, 0.717) is 6.10 Å². The van der Waals surface area contributed by atoms with E-state index in [9.17, 15) is 9.90 Å². The highest BCUT2D eigenvalue weighted by molar-refractivity contribution is 5.75. The first-order valence-corrected chi connectivity index (χ1v) is 9.15. The number of aliphatic carboxylic acids is 1. The van der Waals surface area contributed by atoms with Crippen molar-refractivity contribution in [1.82, 2.24) is 9.88 Å². The summed E-state index contributed by atoms with van der Waals surface area (Å²) >= 11 is 0. The number of likely N-dealkylation sites (tertiary alicyclic amines) is 1. The average molecular weight is 332 g/mol. The maximum absolute atomic E-state index is 11.7. The number of piperidine rings is 1. The average Bonchev–Trinajstić information content (AvgIpc) is 2.59. The second kappa shape index (κ2) is 8.08. The van der Waals surface area contributed by atoms with Crippen LogP contribution in [0.2, 0.25) is 0 Å². The van der Waals surface area contributed by atoms with Crippen LogP contribution in [0.1, 0.15) is 57.1 Å². The Morgan fingerprint density at radius 2 is 1.88 bits per heavy atom. The molecular formula is C19H28N2O3. The van der Waals surface area contributed by atoms with Crippen LogP contribution in [0.5, 0.6) is 0 Å². The van der Waals surface area contributed by atoms with E-state index in [2.05, 4.69) is 11.9 Å². The second-order valence-corrected chi connectivity index (χ2v) is 7.28. The van der Waals surface area contributed by atoms with Crippen LogP contribution in [0.4, 0.5) is 0 Å². The van der Waals surface area contributed by atoms with Crippen LogP contribution in [-0.4, -0.2) is 46.3 Å². The third-order valence-electron chi connectivity index (χ3n) is 5.42. The Bertz CT molecular complexity index is 521. The van der Waals surface area contributed by atoms with Gasteiger partial charge < -0.3 is 9.84 Å².